The van der Waals surface area contributed by atoms with E-state index < -0.39 is 0 Å². The maximum absolute atomic E-state index is 13.6. The predicted molar refractivity (Wildman–Crippen MR) is 138 cm³/mol. The molecule has 0 unspecified atom stereocenters. The van der Waals surface area contributed by atoms with Gasteiger partial charge in [-0.15, -0.1) is 0 Å². The fraction of sp³-hybridized carbons (Fsp3) is 0.250. The summed E-state index contributed by atoms with van der Waals surface area (Å²) >= 11 is 6.00. The Bertz CT molecular complexity index is 1280. The van der Waals surface area contributed by atoms with Crippen molar-refractivity contribution < 1.29 is 9.53 Å². The average Bonchev–Trinajstić information content (AvgIpc) is 3.16. The Morgan fingerprint density at radius 3 is 2.29 bits per heavy atom. The van der Waals surface area contributed by atoms with E-state index >= 15 is 0 Å². The minimum absolute atomic E-state index is 0.139. The molecule has 1 fully saturated rings. The van der Waals surface area contributed by atoms with E-state index in [2.05, 4.69) is 44.7 Å². The molecular weight excluding hydrogens is 446 g/mol. The highest BCUT2D eigenvalue weighted by atomic mass is 35.5. The Morgan fingerprint density at radius 1 is 0.882 bits per heavy atom. The molecule has 1 aliphatic rings. The smallest absolute Gasteiger partial charge is 0.179 e. The number of aryl methyl sites for hydroxylation is 1. The Hall–Kier alpha value is -3.28. The second-order valence-electron chi connectivity index (χ2n) is 8.66. The van der Waals surface area contributed by atoms with Gasteiger partial charge >= 0.3 is 0 Å². The summed E-state index contributed by atoms with van der Waals surface area (Å²) in [7, 11) is 2.00. The first kappa shape index (κ1) is 22.5. The number of Topliss-reactive ketones (excluding diaryl/α,β-unsaturated/α-hetero) is 1. The number of rotatable bonds is 7. The first-order chi connectivity index (χ1) is 16.6. The van der Waals surface area contributed by atoms with Crippen LogP contribution in [-0.4, -0.2) is 48.0 Å². The second kappa shape index (κ2) is 9.92. The number of anilines is 1. The van der Waals surface area contributed by atoms with E-state index in [1.54, 1.807) is 12.1 Å². The van der Waals surface area contributed by atoms with E-state index in [1.165, 1.54) is 5.69 Å². The Morgan fingerprint density at radius 2 is 1.56 bits per heavy atom. The zero-order valence-corrected chi connectivity index (χ0v) is 20.0. The van der Waals surface area contributed by atoms with Crippen LogP contribution in [0.3, 0.4) is 0 Å². The maximum Gasteiger partial charge on any atom is 0.179 e. The summed E-state index contributed by atoms with van der Waals surface area (Å²) in [6, 6.07) is 25.8. The summed E-state index contributed by atoms with van der Waals surface area (Å²) < 4.78 is 8.12. The molecule has 6 heteroatoms. The van der Waals surface area contributed by atoms with Gasteiger partial charge in [-0.3, -0.25) is 9.69 Å². The Kier molecular flexibility index (Phi) is 6.57. The summed E-state index contributed by atoms with van der Waals surface area (Å²) in [5.74, 6) is 0.866. The van der Waals surface area contributed by atoms with Crippen LogP contribution in [0.2, 0.25) is 5.02 Å². The van der Waals surface area contributed by atoms with Crippen LogP contribution in [0.15, 0.2) is 78.9 Å². The third-order valence-corrected chi connectivity index (χ3v) is 6.81. The number of nitrogens with zero attached hydrogens (tertiary/aromatic N) is 3. The van der Waals surface area contributed by atoms with Crippen molar-refractivity contribution in [2.24, 2.45) is 7.05 Å². The van der Waals surface area contributed by atoms with Gasteiger partial charge < -0.3 is 14.2 Å². The molecule has 34 heavy (non-hydrogen) atoms. The number of halogens is 1. The lowest BCUT2D eigenvalue weighted by molar-refractivity contribution is 0.0925. The number of ether oxygens (including phenoxy) is 1. The average molecular weight is 474 g/mol. The van der Waals surface area contributed by atoms with Crippen molar-refractivity contribution in [3.63, 3.8) is 0 Å². The molecule has 3 aromatic carbocycles. The number of hydrogen-bond donors (Lipinski definition) is 0. The van der Waals surface area contributed by atoms with Crippen LogP contribution in [0, 0.1) is 0 Å². The predicted octanol–water partition coefficient (Wildman–Crippen LogP) is 5.42. The van der Waals surface area contributed by atoms with Gasteiger partial charge in [0.15, 0.2) is 5.78 Å². The lowest BCUT2D eigenvalue weighted by Crippen LogP contribution is -2.48. The lowest BCUT2D eigenvalue weighted by atomic mass is 10.1. The third-order valence-electron chi connectivity index (χ3n) is 6.56. The minimum atomic E-state index is 0.139. The maximum atomic E-state index is 13.6. The third kappa shape index (κ3) is 4.67. The number of piperazine rings is 1. The molecule has 0 amide bonds. The van der Waals surface area contributed by atoms with Crippen molar-refractivity contribution in [3.05, 3.63) is 95.1 Å². The Balaban J connectivity index is 1.33. The van der Waals surface area contributed by atoms with Crippen molar-refractivity contribution in [1.82, 2.24) is 9.47 Å². The van der Waals surface area contributed by atoms with Gasteiger partial charge in [-0.05, 0) is 42.5 Å². The van der Waals surface area contributed by atoms with Crippen LogP contribution in [0.4, 0.5) is 5.69 Å². The van der Waals surface area contributed by atoms with Crippen molar-refractivity contribution in [3.8, 4) is 5.75 Å². The summed E-state index contributed by atoms with van der Waals surface area (Å²) in [6.07, 6.45) is 0. The highest BCUT2D eigenvalue weighted by Crippen LogP contribution is 2.28. The van der Waals surface area contributed by atoms with Gasteiger partial charge in [-0.25, -0.2) is 0 Å². The van der Waals surface area contributed by atoms with Gasteiger partial charge in [0.25, 0.3) is 0 Å². The first-order valence-corrected chi connectivity index (χ1v) is 12.0. The monoisotopic (exact) mass is 473 g/mol. The largest absolute Gasteiger partial charge is 0.487 e. The van der Waals surface area contributed by atoms with E-state index in [4.69, 9.17) is 16.3 Å². The normalized spacial score (nSPS) is 14.5. The molecule has 1 saturated heterocycles. The molecule has 5 rings (SSSR count). The van der Waals surface area contributed by atoms with Crippen molar-refractivity contribution in [2.75, 3.05) is 37.6 Å². The van der Waals surface area contributed by atoms with E-state index in [0.717, 1.165) is 54.1 Å². The molecule has 0 atom stereocenters. The van der Waals surface area contributed by atoms with Crippen molar-refractivity contribution in [2.45, 2.75) is 6.61 Å². The second-order valence-corrected chi connectivity index (χ2v) is 9.10. The summed E-state index contributed by atoms with van der Waals surface area (Å²) in [5, 5.41) is 1.65. The van der Waals surface area contributed by atoms with E-state index in [0.29, 0.717) is 18.2 Å². The molecule has 0 N–H and O–H groups in total. The molecular formula is C28H28ClN3O2. The van der Waals surface area contributed by atoms with Gasteiger partial charge in [-0.2, -0.15) is 0 Å². The van der Waals surface area contributed by atoms with Gasteiger partial charge in [-0.1, -0.05) is 48.0 Å². The number of hydrogen-bond acceptors (Lipinski definition) is 4. The number of benzene rings is 3. The van der Waals surface area contributed by atoms with Crippen LogP contribution in [-0.2, 0) is 13.7 Å². The Labute approximate surface area is 205 Å². The van der Waals surface area contributed by atoms with Gasteiger partial charge in [0.05, 0.1) is 17.8 Å². The van der Waals surface area contributed by atoms with E-state index in [1.807, 2.05) is 43.4 Å². The molecule has 1 aromatic heterocycles. The van der Waals surface area contributed by atoms with Gasteiger partial charge in [0.2, 0.25) is 0 Å². The molecule has 0 saturated carbocycles. The number of fused-ring (bicyclic) bond motifs is 1. The molecule has 1 aliphatic heterocycles. The van der Waals surface area contributed by atoms with Crippen LogP contribution in [0.5, 0.6) is 5.75 Å². The minimum Gasteiger partial charge on any atom is -0.487 e. The zero-order chi connectivity index (χ0) is 23.5. The standard InChI is InChI=1S/C28H28ClN3O2/c1-30-25-10-6-5-9-24(25)28(26(30)20-34-23-13-11-21(29)12-14-23)27(33)19-31-15-17-32(18-16-31)22-7-3-2-4-8-22/h2-14H,15-20H2,1H3. The van der Waals surface area contributed by atoms with Gasteiger partial charge in [0.1, 0.15) is 12.4 Å². The number of carbonyl (C=O) groups excluding carboxylic acids is 1. The van der Waals surface area contributed by atoms with Crippen LogP contribution in [0.1, 0.15) is 16.1 Å². The molecule has 0 aliphatic carbocycles. The van der Waals surface area contributed by atoms with Gasteiger partial charge in [0, 0.05) is 54.8 Å². The summed E-state index contributed by atoms with van der Waals surface area (Å²) in [6.45, 7) is 4.28. The highest BCUT2D eigenvalue weighted by Gasteiger charge is 2.25. The molecule has 174 valence electrons. The first-order valence-electron chi connectivity index (χ1n) is 11.6. The number of carbonyl (C=O) groups is 1. The fourth-order valence-corrected chi connectivity index (χ4v) is 4.82. The quantitative estimate of drug-likeness (QED) is 0.336. The fourth-order valence-electron chi connectivity index (χ4n) is 4.69. The van der Waals surface area contributed by atoms with E-state index in [-0.39, 0.29) is 5.78 Å². The van der Waals surface area contributed by atoms with Crippen molar-refractivity contribution in [1.29, 1.82) is 0 Å². The number of para-hydroxylation sites is 2. The SMILES string of the molecule is Cn1c(COc2ccc(Cl)cc2)c(C(=O)CN2CCN(c3ccccc3)CC2)c2ccccc21. The number of ketones is 1. The zero-order valence-electron chi connectivity index (χ0n) is 19.3. The molecule has 2 heterocycles. The topological polar surface area (TPSA) is 37.7 Å². The van der Waals surface area contributed by atoms with E-state index in [9.17, 15) is 4.79 Å². The molecule has 5 nitrogen and oxygen atoms in total. The number of aromatic nitrogens is 1. The van der Waals surface area contributed by atoms with Crippen molar-refractivity contribution >= 4 is 34.0 Å². The molecule has 0 bridgehead atoms. The highest BCUT2D eigenvalue weighted by molar-refractivity contribution is 6.30. The molecule has 0 radical (unpaired) electrons. The van der Waals surface area contributed by atoms with Crippen LogP contribution >= 0.6 is 11.6 Å². The summed E-state index contributed by atoms with van der Waals surface area (Å²) in [5.41, 5.74) is 3.93. The molecule has 4 aromatic rings. The van der Waals surface area contributed by atoms with Crippen LogP contribution < -0.4 is 9.64 Å². The lowest BCUT2D eigenvalue weighted by Gasteiger charge is -2.35. The summed E-state index contributed by atoms with van der Waals surface area (Å²) in [4.78, 5) is 18.3. The van der Waals surface area contributed by atoms with Crippen LogP contribution in [0.25, 0.3) is 10.9 Å². The molecule has 0 spiro atoms.